The summed E-state index contributed by atoms with van der Waals surface area (Å²) < 4.78 is 39.7. The molecule has 1 N–H and O–H groups in total. The van der Waals surface area contributed by atoms with Gasteiger partial charge in [0.05, 0.1) is 5.75 Å². The number of nitrogens with one attached hydrogen (secondary N) is 1. The first kappa shape index (κ1) is 22.2. The maximum Gasteiger partial charge on any atom is 0.240 e. The van der Waals surface area contributed by atoms with Gasteiger partial charge in [0.1, 0.15) is 11.9 Å². The highest BCUT2D eigenvalue weighted by Gasteiger charge is 2.30. The molecule has 5 nitrogen and oxygen atoms in total. The van der Waals surface area contributed by atoms with Crippen LogP contribution < -0.4 is 4.72 Å². The highest BCUT2D eigenvalue weighted by molar-refractivity contribution is 7.98. The van der Waals surface area contributed by atoms with Gasteiger partial charge >= 0.3 is 0 Å². The molecule has 0 bridgehead atoms. The van der Waals surface area contributed by atoms with Crippen molar-refractivity contribution in [3.05, 3.63) is 35.6 Å². The minimum atomic E-state index is -3.43. The average molecular weight is 417 g/mol. The van der Waals surface area contributed by atoms with Crippen molar-refractivity contribution in [3.63, 3.8) is 0 Å². The maximum absolute atomic E-state index is 13.3. The van der Waals surface area contributed by atoms with Gasteiger partial charge in [0.25, 0.3) is 0 Å². The SMILES string of the molecule is CCS(=O)(=O)NC(CCSC)C(=O)N1CCC(Cc2cccc(F)c2)CC1. The average Bonchev–Trinajstić information content (AvgIpc) is 2.65. The first-order valence-corrected chi connectivity index (χ1v) is 12.4. The molecule has 1 heterocycles. The van der Waals surface area contributed by atoms with E-state index in [1.54, 1.807) is 35.7 Å². The van der Waals surface area contributed by atoms with Crippen LogP contribution in [0.25, 0.3) is 0 Å². The van der Waals surface area contributed by atoms with Crippen molar-refractivity contribution < 1.29 is 17.6 Å². The summed E-state index contributed by atoms with van der Waals surface area (Å²) in [5.41, 5.74) is 0.980. The van der Waals surface area contributed by atoms with E-state index in [0.29, 0.717) is 25.4 Å². The van der Waals surface area contributed by atoms with Gasteiger partial charge in [-0.05, 0) is 68.2 Å². The monoisotopic (exact) mass is 416 g/mol. The van der Waals surface area contributed by atoms with Crippen LogP contribution in [0.3, 0.4) is 0 Å². The number of sulfonamides is 1. The zero-order valence-electron chi connectivity index (χ0n) is 16.0. The largest absolute Gasteiger partial charge is 0.341 e. The van der Waals surface area contributed by atoms with Crippen LogP contribution in [0.4, 0.5) is 4.39 Å². The van der Waals surface area contributed by atoms with Crippen LogP contribution in [0.1, 0.15) is 31.7 Å². The molecule has 0 aliphatic carbocycles. The van der Waals surface area contributed by atoms with Gasteiger partial charge in [-0.25, -0.2) is 17.5 Å². The molecular formula is C19H29FN2O3S2. The highest BCUT2D eigenvalue weighted by atomic mass is 32.2. The number of benzene rings is 1. The number of likely N-dealkylation sites (tertiary alicyclic amines) is 1. The fourth-order valence-electron chi connectivity index (χ4n) is 3.34. The Hall–Kier alpha value is -1.12. The predicted octanol–water partition coefficient (Wildman–Crippen LogP) is 2.67. The summed E-state index contributed by atoms with van der Waals surface area (Å²) in [6.45, 7) is 2.79. The lowest BCUT2D eigenvalue weighted by molar-refractivity contribution is -0.134. The molecule has 0 spiro atoms. The standard InChI is InChI=1S/C19H29FN2O3S2/c1-3-27(24,25)21-18(9-12-26-2)19(23)22-10-7-15(8-11-22)13-16-5-4-6-17(20)14-16/h4-6,14-15,18,21H,3,7-13H2,1-2H3. The zero-order valence-corrected chi connectivity index (χ0v) is 17.6. The third-order valence-corrected chi connectivity index (χ3v) is 7.00. The van der Waals surface area contributed by atoms with E-state index in [4.69, 9.17) is 0 Å². The molecule has 1 aromatic carbocycles. The van der Waals surface area contributed by atoms with Crippen LogP contribution in [0.15, 0.2) is 24.3 Å². The number of hydrogen-bond donors (Lipinski definition) is 1. The summed E-state index contributed by atoms with van der Waals surface area (Å²) in [6, 6.07) is 5.96. The van der Waals surface area contributed by atoms with E-state index in [9.17, 15) is 17.6 Å². The number of carbonyl (C=O) groups excluding carboxylic acids is 1. The zero-order chi connectivity index (χ0) is 19.9. The second kappa shape index (κ2) is 10.4. The number of amides is 1. The Morgan fingerprint density at radius 2 is 2.07 bits per heavy atom. The maximum atomic E-state index is 13.3. The predicted molar refractivity (Wildman–Crippen MR) is 109 cm³/mol. The van der Waals surface area contributed by atoms with Crippen LogP contribution in [-0.2, 0) is 21.2 Å². The third-order valence-electron chi connectivity index (χ3n) is 4.95. The van der Waals surface area contributed by atoms with E-state index < -0.39 is 16.1 Å². The highest BCUT2D eigenvalue weighted by Crippen LogP contribution is 2.23. The van der Waals surface area contributed by atoms with E-state index in [-0.39, 0.29) is 17.5 Å². The van der Waals surface area contributed by atoms with Crippen LogP contribution in [0.2, 0.25) is 0 Å². The fraction of sp³-hybridized carbons (Fsp3) is 0.632. The van der Waals surface area contributed by atoms with Gasteiger partial charge in [-0.15, -0.1) is 0 Å². The molecule has 1 atom stereocenters. The number of nitrogens with zero attached hydrogens (tertiary/aromatic N) is 1. The topological polar surface area (TPSA) is 66.5 Å². The Morgan fingerprint density at radius 3 is 2.67 bits per heavy atom. The summed E-state index contributed by atoms with van der Waals surface area (Å²) >= 11 is 1.59. The van der Waals surface area contributed by atoms with Gasteiger partial charge in [0, 0.05) is 13.1 Å². The molecule has 152 valence electrons. The van der Waals surface area contributed by atoms with E-state index in [1.807, 2.05) is 12.3 Å². The van der Waals surface area contributed by atoms with Crippen molar-refractivity contribution >= 4 is 27.7 Å². The van der Waals surface area contributed by atoms with Crippen LogP contribution in [0, 0.1) is 11.7 Å². The second-order valence-corrected chi connectivity index (χ2v) is 9.99. The number of halogens is 1. The Morgan fingerprint density at radius 1 is 1.37 bits per heavy atom. The number of thioether (sulfide) groups is 1. The molecule has 1 fully saturated rings. The molecular weight excluding hydrogens is 387 g/mol. The lowest BCUT2D eigenvalue weighted by atomic mass is 9.90. The van der Waals surface area contributed by atoms with Crippen molar-refractivity contribution in [2.75, 3.05) is 30.9 Å². The van der Waals surface area contributed by atoms with E-state index in [2.05, 4.69) is 4.72 Å². The Kier molecular flexibility index (Phi) is 8.57. The summed E-state index contributed by atoms with van der Waals surface area (Å²) in [7, 11) is -3.43. The van der Waals surface area contributed by atoms with Crippen molar-refractivity contribution in [1.29, 1.82) is 0 Å². The first-order chi connectivity index (χ1) is 12.8. The molecule has 1 aromatic rings. The van der Waals surface area contributed by atoms with Gasteiger partial charge in [-0.2, -0.15) is 11.8 Å². The summed E-state index contributed by atoms with van der Waals surface area (Å²) in [5, 5.41) is 0. The van der Waals surface area contributed by atoms with Crippen LogP contribution >= 0.6 is 11.8 Å². The van der Waals surface area contributed by atoms with Gasteiger partial charge in [0.15, 0.2) is 0 Å². The molecule has 27 heavy (non-hydrogen) atoms. The molecule has 1 saturated heterocycles. The molecule has 2 rings (SSSR count). The van der Waals surface area contributed by atoms with E-state index >= 15 is 0 Å². The van der Waals surface area contributed by atoms with Crippen molar-refractivity contribution in [3.8, 4) is 0 Å². The summed E-state index contributed by atoms with van der Waals surface area (Å²) in [4.78, 5) is 14.6. The lowest BCUT2D eigenvalue weighted by Gasteiger charge is -2.34. The minimum Gasteiger partial charge on any atom is -0.341 e. The summed E-state index contributed by atoms with van der Waals surface area (Å²) in [6.07, 6.45) is 4.92. The molecule has 1 unspecified atom stereocenters. The Balaban J connectivity index is 1.92. The minimum absolute atomic E-state index is 0.0360. The molecule has 1 amide bonds. The van der Waals surface area contributed by atoms with Crippen molar-refractivity contribution in [2.45, 2.75) is 38.6 Å². The lowest BCUT2D eigenvalue weighted by Crippen LogP contribution is -2.51. The molecule has 1 aliphatic heterocycles. The summed E-state index contributed by atoms with van der Waals surface area (Å²) in [5.74, 6) is 0.739. The molecule has 1 aliphatic rings. The van der Waals surface area contributed by atoms with Crippen molar-refractivity contribution in [2.24, 2.45) is 5.92 Å². The molecule has 0 saturated carbocycles. The van der Waals surface area contributed by atoms with Gasteiger partial charge in [-0.3, -0.25) is 4.79 Å². The van der Waals surface area contributed by atoms with E-state index in [0.717, 1.165) is 30.6 Å². The third kappa shape index (κ3) is 7.08. The second-order valence-electron chi connectivity index (χ2n) is 6.96. The van der Waals surface area contributed by atoms with Crippen molar-refractivity contribution in [1.82, 2.24) is 9.62 Å². The number of hydrogen-bond acceptors (Lipinski definition) is 4. The number of rotatable bonds is 9. The smallest absolute Gasteiger partial charge is 0.240 e. The number of piperidine rings is 1. The normalized spacial score (nSPS) is 17.1. The first-order valence-electron chi connectivity index (χ1n) is 9.36. The van der Waals surface area contributed by atoms with Gasteiger partial charge in [-0.1, -0.05) is 12.1 Å². The molecule has 8 heteroatoms. The fourth-order valence-corrected chi connectivity index (χ4v) is 4.63. The van der Waals surface area contributed by atoms with Crippen LogP contribution in [-0.4, -0.2) is 56.1 Å². The van der Waals surface area contributed by atoms with E-state index in [1.165, 1.54) is 6.07 Å². The Labute approximate surface area is 166 Å². The number of carbonyl (C=O) groups is 1. The van der Waals surface area contributed by atoms with Gasteiger partial charge in [0.2, 0.25) is 15.9 Å². The molecule has 0 radical (unpaired) electrons. The van der Waals surface area contributed by atoms with Crippen LogP contribution in [0.5, 0.6) is 0 Å². The molecule has 0 aromatic heterocycles. The quantitative estimate of drug-likeness (QED) is 0.672. The Bertz CT molecular complexity index is 719. The van der Waals surface area contributed by atoms with Gasteiger partial charge < -0.3 is 4.90 Å².